The quantitative estimate of drug-likeness (QED) is 0.804. The standard InChI is InChI=1S/C17H19NO/c18-13-12-15-6-9-16(10-7-15)17(19)11-8-14-4-2-1-3-5-14/h1-7,9-10H,8,11-13,18H2. The van der Waals surface area contributed by atoms with Crippen LogP contribution in [-0.4, -0.2) is 12.3 Å². The van der Waals surface area contributed by atoms with Crippen LogP contribution in [0.1, 0.15) is 27.9 Å². The monoisotopic (exact) mass is 253 g/mol. The second-order valence-electron chi connectivity index (χ2n) is 4.64. The Hall–Kier alpha value is -1.93. The van der Waals surface area contributed by atoms with Gasteiger partial charge in [0.1, 0.15) is 0 Å². The molecule has 2 rings (SSSR count). The molecule has 0 saturated carbocycles. The number of nitrogens with two attached hydrogens (primary N) is 1. The van der Waals surface area contributed by atoms with Crippen molar-refractivity contribution < 1.29 is 4.79 Å². The predicted molar refractivity (Wildman–Crippen MR) is 78.3 cm³/mol. The zero-order chi connectivity index (χ0) is 13.5. The van der Waals surface area contributed by atoms with Crippen LogP contribution in [-0.2, 0) is 12.8 Å². The summed E-state index contributed by atoms with van der Waals surface area (Å²) >= 11 is 0. The van der Waals surface area contributed by atoms with E-state index in [1.807, 2.05) is 42.5 Å². The van der Waals surface area contributed by atoms with Crippen LogP contribution in [0.3, 0.4) is 0 Å². The smallest absolute Gasteiger partial charge is 0.163 e. The number of benzene rings is 2. The molecule has 0 aliphatic rings. The molecule has 19 heavy (non-hydrogen) atoms. The molecule has 0 radical (unpaired) electrons. The van der Waals surface area contributed by atoms with Crippen molar-refractivity contribution in [3.63, 3.8) is 0 Å². The van der Waals surface area contributed by atoms with Crippen LogP contribution >= 0.6 is 0 Å². The lowest BCUT2D eigenvalue weighted by Gasteiger charge is -2.03. The van der Waals surface area contributed by atoms with Crippen molar-refractivity contribution in [2.75, 3.05) is 6.54 Å². The lowest BCUT2D eigenvalue weighted by Crippen LogP contribution is -2.04. The minimum atomic E-state index is 0.197. The van der Waals surface area contributed by atoms with E-state index < -0.39 is 0 Å². The summed E-state index contributed by atoms with van der Waals surface area (Å²) in [5.41, 5.74) is 8.68. The number of ketones is 1. The topological polar surface area (TPSA) is 43.1 Å². The van der Waals surface area contributed by atoms with E-state index in [9.17, 15) is 4.79 Å². The van der Waals surface area contributed by atoms with Crippen molar-refractivity contribution in [1.82, 2.24) is 0 Å². The third-order valence-electron chi connectivity index (χ3n) is 3.19. The van der Waals surface area contributed by atoms with Crippen molar-refractivity contribution in [3.05, 3.63) is 71.3 Å². The van der Waals surface area contributed by atoms with Gasteiger partial charge >= 0.3 is 0 Å². The van der Waals surface area contributed by atoms with Crippen LogP contribution in [0, 0.1) is 0 Å². The summed E-state index contributed by atoms with van der Waals surface area (Å²) < 4.78 is 0. The molecule has 0 bridgehead atoms. The molecular formula is C17H19NO. The number of carbonyl (C=O) groups is 1. The van der Waals surface area contributed by atoms with Gasteiger partial charge in [-0.15, -0.1) is 0 Å². The fourth-order valence-corrected chi connectivity index (χ4v) is 2.07. The zero-order valence-electron chi connectivity index (χ0n) is 11.0. The van der Waals surface area contributed by atoms with E-state index in [2.05, 4.69) is 12.1 Å². The second kappa shape index (κ2) is 6.86. The minimum Gasteiger partial charge on any atom is -0.330 e. The van der Waals surface area contributed by atoms with E-state index in [4.69, 9.17) is 5.73 Å². The van der Waals surface area contributed by atoms with E-state index in [0.717, 1.165) is 18.4 Å². The van der Waals surface area contributed by atoms with Gasteiger partial charge in [-0.2, -0.15) is 0 Å². The van der Waals surface area contributed by atoms with Gasteiger partial charge in [0.05, 0.1) is 0 Å². The molecule has 2 aromatic rings. The van der Waals surface area contributed by atoms with E-state index in [-0.39, 0.29) is 5.78 Å². The fourth-order valence-electron chi connectivity index (χ4n) is 2.07. The molecule has 2 N–H and O–H groups in total. The average molecular weight is 253 g/mol. The van der Waals surface area contributed by atoms with Crippen LogP contribution in [0.4, 0.5) is 0 Å². The van der Waals surface area contributed by atoms with Gasteiger partial charge in [-0.05, 0) is 30.5 Å². The van der Waals surface area contributed by atoms with Crippen molar-refractivity contribution in [1.29, 1.82) is 0 Å². The summed E-state index contributed by atoms with van der Waals surface area (Å²) in [6, 6.07) is 17.9. The number of hydrogen-bond acceptors (Lipinski definition) is 2. The highest BCUT2D eigenvalue weighted by molar-refractivity contribution is 5.96. The number of Topliss-reactive ketones (excluding diaryl/α,β-unsaturated/α-hetero) is 1. The Morgan fingerprint density at radius 3 is 2.11 bits per heavy atom. The van der Waals surface area contributed by atoms with Gasteiger partial charge in [-0.25, -0.2) is 0 Å². The molecule has 0 unspecified atom stereocenters. The molecule has 0 heterocycles. The van der Waals surface area contributed by atoms with Crippen LogP contribution in [0.2, 0.25) is 0 Å². The Kier molecular flexibility index (Phi) is 4.87. The van der Waals surface area contributed by atoms with Crippen molar-refractivity contribution in [2.24, 2.45) is 5.73 Å². The molecule has 0 spiro atoms. The maximum absolute atomic E-state index is 12.1. The first-order valence-electron chi connectivity index (χ1n) is 6.66. The van der Waals surface area contributed by atoms with Gasteiger partial charge < -0.3 is 5.73 Å². The molecule has 0 fully saturated rings. The van der Waals surface area contributed by atoms with Gasteiger partial charge in [0.2, 0.25) is 0 Å². The molecule has 98 valence electrons. The summed E-state index contributed by atoms with van der Waals surface area (Å²) in [6.45, 7) is 0.640. The van der Waals surface area contributed by atoms with Crippen LogP contribution < -0.4 is 5.73 Å². The summed E-state index contributed by atoms with van der Waals surface area (Å²) in [5.74, 6) is 0.197. The highest BCUT2D eigenvalue weighted by Crippen LogP contribution is 2.10. The Balaban J connectivity index is 1.92. The van der Waals surface area contributed by atoms with Crippen molar-refractivity contribution in [3.8, 4) is 0 Å². The fraction of sp³-hybridized carbons (Fsp3) is 0.235. The Morgan fingerprint density at radius 2 is 1.47 bits per heavy atom. The number of rotatable bonds is 6. The van der Waals surface area contributed by atoms with Gasteiger partial charge in [0.25, 0.3) is 0 Å². The van der Waals surface area contributed by atoms with Crippen molar-refractivity contribution in [2.45, 2.75) is 19.3 Å². The number of hydrogen-bond donors (Lipinski definition) is 1. The maximum atomic E-state index is 12.1. The number of carbonyl (C=O) groups excluding carboxylic acids is 1. The zero-order valence-corrected chi connectivity index (χ0v) is 11.0. The first-order valence-corrected chi connectivity index (χ1v) is 6.66. The largest absolute Gasteiger partial charge is 0.330 e. The molecular weight excluding hydrogens is 234 g/mol. The summed E-state index contributed by atoms with van der Waals surface area (Å²) in [6.07, 6.45) is 2.21. The minimum absolute atomic E-state index is 0.197. The lowest BCUT2D eigenvalue weighted by atomic mass is 10.0. The first kappa shape index (κ1) is 13.5. The number of aryl methyl sites for hydroxylation is 1. The molecule has 0 atom stereocenters. The van der Waals surface area contributed by atoms with Gasteiger partial charge in [0.15, 0.2) is 5.78 Å². The third-order valence-corrected chi connectivity index (χ3v) is 3.19. The van der Waals surface area contributed by atoms with E-state index in [1.54, 1.807) is 0 Å². The molecule has 0 amide bonds. The summed E-state index contributed by atoms with van der Waals surface area (Å²) in [7, 11) is 0. The maximum Gasteiger partial charge on any atom is 0.163 e. The van der Waals surface area contributed by atoms with Gasteiger partial charge in [-0.3, -0.25) is 4.79 Å². The molecule has 2 heteroatoms. The average Bonchev–Trinajstić information content (AvgIpc) is 2.47. The summed E-state index contributed by atoms with van der Waals surface area (Å²) in [4.78, 5) is 12.1. The molecule has 0 aliphatic heterocycles. The van der Waals surface area contributed by atoms with E-state index in [0.29, 0.717) is 13.0 Å². The van der Waals surface area contributed by atoms with Crippen molar-refractivity contribution >= 4 is 5.78 Å². The predicted octanol–water partition coefficient (Wildman–Crippen LogP) is 3.00. The van der Waals surface area contributed by atoms with Gasteiger partial charge in [-0.1, -0.05) is 54.6 Å². The molecule has 0 aromatic heterocycles. The Bertz CT molecular complexity index is 517. The SMILES string of the molecule is NCCc1ccc(C(=O)CCc2ccccc2)cc1. The lowest BCUT2D eigenvalue weighted by molar-refractivity contribution is 0.0983. The Morgan fingerprint density at radius 1 is 0.842 bits per heavy atom. The molecule has 0 saturated heterocycles. The highest BCUT2D eigenvalue weighted by atomic mass is 16.1. The van der Waals surface area contributed by atoms with E-state index in [1.165, 1.54) is 11.1 Å². The third kappa shape index (κ3) is 4.04. The molecule has 2 aromatic carbocycles. The van der Waals surface area contributed by atoms with Crippen LogP contribution in [0.25, 0.3) is 0 Å². The van der Waals surface area contributed by atoms with Crippen LogP contribution in [0.15, 0.2) is 54.6 Å². The first-order chi connectivity index (χ1) is 9.29. The van der Waals surface area contributed by atoms with E-state index >= 15 is 0 Å². The Labute approximate surface area is 114 Å². The normalized spacial score (nSPS) is 10.4. The molecule has 0 aliphatic carbocycles. The second-order valence-corrected chi connectivity index (χ2v) is 4.64. The van der Waals surface area contributed by atoms with Gasteiger partial charge in [0, 0.05) is 12.0 Å². The summed E-state index contributed by atoms with van der Waals surface area (Å²) in [5, 5.41) is 0. The highest BCUT2D eigenvalue weighted by Gasteiger charge is 2.06. The molecule has 2 nitrogen and oxygen atoms in total. The van der Waals surface area contributed by atoms with Crippen LogP contribution in [0.5, 0.6) is 0 Å².